The third-order valence-electron chi connectivity index (χ3n) is 6.74. The zero-order valence-corrected chi connectivity index (χ0v) is 21.1. The van der Waals surface area contributed by atoms with Crippen LogP contribution >= 0.6 is 0 Å². The predicted molar refractivity (Wildman–Crippen MR) is 133 cm³/mol. The monoisotopic (exact) mass is 433 g/mol. The van der Waals surface area contributed by atoms with E-state index in [1.165, 1.54) is 108 Å². The fourth-order valence-corrected chi connectivity index (χ4v) is 4.64. The van der Waals surface area contributed by atoms with Crippen molar-refractivity contribution in [2.75, 3.05) is 0 Å². The molecule has 3 nitrogen and oxygen atoms in total. The maximum atomic E-state index is 12.7. The van der Waals surface area contributed by atoms with Crippen molar-refractivity contribution in [3.63, 3.8) is 0 Å². The summed E-state index contributed by atoms with van der Waals surface area (Å²) >= 11 is 0. The van der Waals surface area contributed by atoms with Crippen LogP contribution in [0.25, 0.3) is 0 Å². The summed E-state index contributed by atoms with van der Waals surface area (Å²) in [4.78, 5) is 26.6. The standard InChI is InChI=1S/C28H51NO2/c1-4-6-8-10-12-13-14-15-16-17-19-21-23-26-24-27(30)29(28(26)31)25(3)22-20-18-11-9-7-5-2/h24-25H,4-23H2,1-3H3. The van der Waals surface area contributed by atoms with Gasteiger partial charge >= 0.3 is 0 Å². The molecule has 0 saturated heterocycles. The van der Waals surface area contributed by atoms with Gasteiger partial charge in [-0.2, -0.15) is 0 Å². The van der Waals surface area contributed by atoms with E-state index in [0.29, 0.717) is 0 Å². The van der Waals surface area contributed by atoms with Gasteiger partial charge < -0.3 is 0 Å². The molecular weight excluding hydrogens is 382 g/mol. The molecule has 1 rings (SSSR count). The molecule has 0 aliphatic carbocycles. The molecule has 1 aliphatic heterocycles. The molecule has 3 heteroatoms. The number of hydrogen-bond donors (Lipinski definition) is 0. The molecule has 0 aromatic carbocycles. The van der Waals surface area contributed by atoms with Gasteiger partial charge in [-0.15, -0.1) is 0 Å². The van der Waals surface area contributed by atoms with E-state index in [4.69, 9.17) is 0 Å². The van der Waals surface area contributed by atoms with Gasteiger partial charge in [-0.05, 0) is 26.2 Å². The Kier molecular flexibility index (Phi) is 16.6. The molecule has 0 N–H and O–H groups in total. The lowest BCUT2D eigenvalue weighted by Gasteiger charge is -2.23. The van der Waals surface area contributed by atoms with Crippen LogP contribution in [0.15, 0.2) is 11.6 Å². The molecule has 0 spiro atoms. The van der Waals surface area contributed by atoms with Gasteiger partial charge in [0.1, 0.15) is 0 Å². The average molecular weight is 434 g/mol. The van der Waals surface area contributed by atoms with Gasteiger partial charge in [-0.25, -0.2) is 0 Å². The number of carbonyl (C=O) groups excluding carboxylic acids is 2. The zero-order valence-electron chi connectivity index (χ0n) is 21.1. The second kappa shape index (κ2) is 18.5. The van der Waals surface area contributed by atoms with Gasteiger partial charge in [0, 0.05) is 17.7 Å². The van der Waals surface area contributed by atoms with Crippen molar-refractivity contribution in [2.45, 2.75) is 155 Å². The minimum Gasteiger partial charge on any atom is -0.272 e. The number of imide groups is 1. The first kappa shape index (κ1) is 27.9. The lowest BCUT2D eigenvalue weighted by molar-refractivity contribution is -0.139. The molecular formula is C28H51NO2. The maximum absolute atomic E-state index is 12.7. The molecule has 31 heavy (non-hydrogen) atoms. The van der Waals surface area contributed by atoms with Crippen LogP contribution in [0, 0.1) is 0 Å². The minimum atomic E-state index is -0.0857. The van der Waals surface area contributed by atoms with Crippen molar-refractivity contribution in [3.8, 4) is 0 Å². The molecule has 0 aromatic rings. The summed E-state index contributed by atoms with van der Waals surface area (Å²) in [6, 6.07) is 0.0295. The lowest BCUT2D eigenvalue weighted by Crippen LogP contribution is -2.38. The highest BCUT2D eigenvalue weighted by molar-refractivity contribution is 6.16. The molecule has 1 heterocycles. The van der Waals surface area contributed by atoms with Crippen LogP contribution in [0.3, 0.4) is 0 Å². The van der Waals surface area contributed by atoms with Gasteiger partial charge in [0.25, 0.3) is 11.8 Å². The Balaban J connectivity index is 2.08. The highest BCUT2D eigenvalue weighted by Crippen LogP contribution is 2.24. The molecule has 0 fully saturated rings. The number of rotatable bonds is 21. The summed E-state index contributed by atoms with van der Waals surface area (Å²) in [7, 11) is 0. The third kappa shape index (κ3) is 12.5. The Labute approximate surface area is 193 Å². The Morgan fingerprint density at radius 2 is 1.06 bits per heavy atom. The van der Waals surface area contributed by atoms with Gasteiger partial charge in [0.05, 0.1) is 0 Å². The number of carbonyl (C=O) groups is 2. The van der Waals surface area contributed by atoms with E-state index in [1.54, 1.807) is 6.08 Å². The van der Waals surface area contributed by atoms with E-state index in [9.17, 15) is 9.59 Å². The highest BCUT2D eigenvalue weighted by Gasteiger charge is 2.33. The van der Waals surface area contributed by atoms with Crippen molar-refractivity contribution in [1.82, 2.24) is 4.90 Å². The predicted octanol–water partition coefficient (Wildman–Crippen LogP) is 8.51. The normalized spacial score (nSPS) is 15.1. The van der Waals surface area contributed by atoms with E-state index in [-0.39, 0.29) is 17.9 Å². The first-order valence-corrected chi connectivity index (χ1v) is 13.7. The van der Waals surface area contributed by atoms with Crippen LogP contribution < -0.4 is 0 Å². The Hall–Kier alpha value is -1.12. The number of hydrogen-bond acceptors (Lipinski definition) is 2. The molecule has 180 valence electrons. The molecule has 1 unspecified atom stereocenters. The van der Waals surface area contributed by atoms with E-state index in [1.807, 2.05) is 6.92 Å². The van der Waals surface area contributed by atoms with Crippen LogP contribution in [0.2, 0.25) is 0 Å². The van der Waals surface area contributed by atoms with Crippen molar-refractivity contribution in [2.24, 2.45) is 0 Å². The number of unbranched alkanes of at least 4 members (excludes halogenated alkanes) is 16. The number of nitrogens with zero attached hydrogens (tertiary/aromatic N) is 1. The maximum Gasteiger partial charge on any atom is 0.257 e. The van der Waals surface area contributed by atoms with E-state index >= 15 is 0 Å². The summed E-state index contributed by atoms with van der Waals surface area (Å²) in [5, 5.41) is 0. The smallest absolute Gasteiger partial charge is 0.257 e. The van der Waals surface area contributed by atoms with Crippen molar-refractivity contribution < 1.29 is 9.59 Å². The first-order chi connectivity index (χ1) is 15.1. The van der Waals surface area contributed by atoms with Crippen molar-refractivity contribution >= 4 is 11.8 Å². The fourth-order valence-electron chi connectivity index (χ4n) is 4.64. The topological polar surface area (TPSA) is 37.4 Å². The van der Waals surface area contributed by atoms with Gasteiger partial charge in [-0.1, -0.05) is 123 Å². The molecule has 2 amide bonds. The van der Waals surface area contributed by atoms with Crippen LogP contribution in [-0.2, 0) is 9.59 Å². The molecule has 0 radical (unpaired) electrons. The van der Waals surface area contributed by atoms with Crippen molar-refractivity contribution in [1.29, 1.82) is 0 Å². The highest BCUT2D eigenvalue weighted by atomic mass is 16.2. The average Bonchev–Trinajstić information content (AvgIpc) is 3.04. The van der Waals surface area contributed by atoms with Gasteiger partial charge in [0.15, 0.2) is 0 Å². The molecule has 0 aromatic heterocycles. The van der Waals surface area contributed by atoms with E-state index in [0.717, 1.165) is 31.3 Å². The Morgan fingerprint density at radius 3 is 1.55 bits per heavy atom. The number of amides is 2. The van der Waals surface area contributed by atoms with Crippen molar-refractivity contribution in [3.05, 3.63) is 11.6 Å². The summed E-state index contributed by atoms with van der Waals surface area (Å²) in [6.07, 6.45) is 26.6. The van der Waals surface area contributed by atoms with Crippen LogP contribution in [-0.4, -0.2) is 22.8 Å². The summed E-state index contributed by atoms with van der Waals surface area (Å²) in [5.74, 6) is -0.107. The SMILES string of the molecule is CCCCCCCCCCCCCCC1=CC(=O)N(C(C)CCCCCCCC)C1=O. The summed E-state index contributed by atoms with van der Waals surface area (Å²) in [6.45, 7) is 6.53. The Bertz CT molecular complexity index is 511. The molecule has 0 saturated carbocycles. The van der Waals surface area contributed by atoms with E-state index < -0.39 is 0 Å². The lowest BCUT2D eigenvalue weighted by atomic mass is 10.0. The molecule has 1 atom stereocenters. The van der Waals surface area contributed by atoms with Gasteiger partial charge in [-0.3, -0.25) is 14.5 Å². The zero-order chi connectivity index (χ0) is 22.7. The largest absolute Gasteiger partial charge is 0.272 e. The van der Waals surface area contributed by atoms with Crippen LogP contribution in [0.4, 0.5) is 0 Å². The molecule has 1 aliphatic rings. The second-order valence-corrected chi connectivity index (χ2v) is 9.73. The minimum absolute atomic E-state index is 0.0217. The second-order valence-electron chi connectivity index (χ2n) is 9.73. The molecule has 0 bridgehead atoms. The van der Waals surface area contributed by atoms with Crippen LogP contribution in [0.1, 0.15) is 149 Å². The third-order valence-corrected chi connectivity index (χ3v) is 6.74. The van der Waals surface area contributed by atoms with E-state index in [2.05, 4.69) is 13.8 Å². The van der Waals surface area contributed by atoms with Crippen LogP contribution in [0.5, 0.6) is 0 Å². The summed E-state index contributed by atoms with van der Waals surface area (Å²) < 4.78 is 0. The quantitative estimate of drug-likeness (QED) is 0.134. The summed E-state index contributed by atoms with van der Waals surface area (Å²) in [5.41, 5.74) is 0.742. The fraction of sp³-hybridized carbons (Fsp3) is 0.857. The first-order valence-electron chi connectivity index (χ1n) is 13.7. The van der Waals surface area contributed by atoms with Gasteiger partial charge in [0.2, 0.25) is 0 Å². The Morgan fingerprint density at radius 1 is 0.645 bits per heavy atom.